The first-order valence-corrected chi connectivity index (χ1v) is 0.538. The highest BCUT2D eigenvalue weighted by molar-refractivity contribution is 3.55. The van der Waals surface area contributed by atoms with E-state index >= 15 is 0 Å². The summed E-state index contributed by atoms with van der Waals surface area (Å²) in [5.41, 5.74) is 0. The third-order valence-electron chi connectivity index (χ3n) is 0.0286. The Morgan fingerprint density at radius 1 is 1.00 bits per heavy atom. The van der Waals surface area contributed by atoms with Crippen LogP contribution in [0.3, 0.4) is 0 Å². The van der Waals surface area contributed by atoms with Gasteiger partial charge in [-0.3, -0.25) is 0 Å². The zero-order chi connectivity index (χ0) is 3.41. The minimum Gasteiger partial charge on any atom is -0.0511 e. The van der Waals surface area contributed by atoms with Crippen molar-refractivity contribution in [2.45, 2.75) is 0 Å². The summed E-state index contributed by atoms with van der Waals surface area (Å²) < 4.78 is 19.6. The first-order valence-electron chi connectivity index (χ1n) is 0.538. The molecule has 0 aromatic heterocycles. The van der Waals surface area contributed by atoms with E-state index in [4.69, 9.17) is 0 Å². The van der Waals surface area contributed by atoms with Gasteiger partial charge in [0.2, 0.25) is 0 Å². The molecule has 0 radical (unpaired) electrons. The quantitative estimate of drug-likeness (QED) is 0.379. The van der Waals surface area contributed by atoms with Crippen molar-refractivity contribution in [1.82, 2.24) is 0 Å². The Morgan fingerprint density at radius 3 is 1.25 bits per heavy atom. The van der Waals surface area contributed by atoms with Crippen molar-refractivity contribution >= 4 is 0 Å². The predicted octanol–water partition coefficient (Wildman–Crippen LogP) is 1.21. The molecule has 0 aliphatic rings. The molecule has 0 unspecified atom stereocenters. The second kappa shape index (κ2) is 2.46. The fraction of sp³-hybridized carbons (Fsp3) is 0. The van der Waals surface area contributed by atoms with E-state index in [1.807, 2.05) is 0 Å². The van der Waals surface area contributed by atoms with Gasteiger partial charge in [0, 0.05) is 0 Å². The minimum absolute atomic E-state index is 1.19. The number of rotatable bonds is 0. The lowest BCUT2D eigenvalue weighted by atomic mass is 13.1. The van der Waals surface area contributed by atoms with Gasteiger partial charge in [-0.15, -0.1) is 0 Å². The zero-order valence-corrected chi connectivity index (χ0v) is 1.65. The van der Waals surface area contributed by atoms with Crippen LogP contribution in [0.5, 0.6) is 0 Å². The molecule has 24 valence electrons. The van der Waals surface area contributed by atoms with E-state index in [0.29, 0.717) is 0 Å². The summed E-state index contributed by atoms with van der Waals surface area (Å²) in [4.78, 5) is 0. The standard InChI is InChI=1S/F2N2/c1-3-4-2/b4-3+. The first kappa shape index (κ1) is 3.46. The van der Waals surface area contributed by atoms with Crippen LogP contribution in [-0.4, -0.2) is 0 Å². The SMILES string of the molecule is F/N=N/F. The van der Waals surface area contributed by atoms with Crippen LogP contribution < -0.4 is 0 Å². The summed E-state index contributed by atoms with van der Waals surface area (Å²) in [5, 5.41) is 2.39. The molecule has 2 nitrogen and oxygen atoms in total. The van der Waals surface area contributed by atoms with Gasteiger partial charge in [0.15, 0.2) is 0 Å². The molecule has 0 rings (SSSR count). The smallest absolute Gasteiger partial charge is 0.0511 e. The number of hydrogen-bond donors (Lipinski definition) is 0. The van der Waals surface area contributed by atoms with Gasteiger partial charge in [0.25, 0.3) is 0 Å². The highest BCUT2D eigenvalue weighted by Gasteiger charge is 1.43. The zero-order valence-electron chi connectivity index (χ0n) is 1.65. The van der Waals surface area contributed by atoms with Crippen molar-refractivity contribution in [3.63, 3.8) is 0 Å². The van der Waals surface area contributed by atoms with Crippen molar-refractivity contribution in [2.24, 2.45) is 10.7 Å². The Labute approximate surface area is 21.0 Å². The monoisotopic (exact) mass is 66.0 g/mol. The van der Waals surface area contributed by atoms with E-state index in [2.05, 4.69) is 0 Å². The molecule has 4 heavy (non-hydrogen) atoms. The first-order chi connectivity index (χ1) is 1.91. The van der Waals surface area contributed by atoms with Crippen LogP contribution in [0.15, 0.2) is 10.7 Å². The van der Waals surface area contributed by atoms with Crippen molar-refractivity contribution in [1.29, 1.82) is 0 Å². The average molecular weight is 66.0 g/mol. The molecule has 0 bridgehead atoms. The lowest BCUT2D eigenvalue weighted by Gasteiger charge is -1.40. The molecule has 0 atom stereocenters. The van der Waals surface area contributed by atoms with Crippen LogP contribution >= 0.6 is 0 Å². The maximum atomic E-state index is 9.81. The Kier molecular flexibility index (Phi) is 2.13. The van der Waals surface area contributed by atoms with Crippen molar-refractivity contribution in [2.75, 3.05) is 0 Å². The average Bonchev–Trinajstić information content (AvgIpc) is 1.37. The van der Waals surface area contributed by atoms with Gasteiger partial charge in [0.05, 0.1) is 10.7 Å². The van der Waals surface area contributed by atoms with E-state index in [0.717, 1.165) is 0 Å². The Hall–Kier alpha value is -0.540. The van der Waals surface area contributed by atoms with Gasteiger partial charge in [0.1, 0.15) is 0 Å². The van der Waals surface area contributed by atoms with E-state index in [1.165, 1.54) is 10.7 Å². The number of hydrogen-bond acceptors (Lipinski definition) is 2. The maximum Gasteiger partial charge on any atom is 0.0511 e. The molecule has 0 heterocycles. The molecule has 0 N–H and O–H groups in total. The number of halogens is 2. The lowest BCUT2D eigenvalue weighted by Crippen LogP contribution is -1.16. The molecule has 4 heteroatoms. The predicted molar refractivity (Wildman–Crippen MR) is 7.07 cm³/mol. The molecule has 0 amide bonds. The van der Waals surface area contributed by atoms with Crippen LogP contribution in [-0.2, 0) is 0 Å². The lowest BCUT2D eigenvalue weighted by molar-refractivity contribution is 0.369. The van der Waals surface area contributed by atoms with Crippen LogP contribution in [0.1, 0.15) is 0 Å². The Morgan fingerprint density at radius 2 is 1.25 bits per heavy atom. The van der Waals surface area contributed by atoms with E-state index in [9.17, 15) is 8.96 Å². The summed E-state index contributed by atoms with van der Waals surface area (Å²) in [6.45, 7) is 0. The maximum absolute atomic E-state index is 9.81. The molecule has 0 aromatic carbocycles. The molecule has 0 saturated heterocycles. The summed E-state index contributed by atoms with van der Waals surface area (Å²) in [6.07, 6.45) is 0. The van der Waals surface area contributed by atoms with E-state index in [1.54, 1.807) is 0 Å². The highest BCUT2D eigenvalue weighted by Crippen LogP contribution is 1.68. The number of nitrogens with zero attached hydrogens (tertiary/aromatic N) is 2. The topological polar surface area (TPSA) is 24.7 Å². The van der Waals surface area contributed by atoms with Crippen molar-refractivity contribution in [3.05, 3.63) is 0 Å². The summed E-state index contributed by atoms with van der Waals surface area (Å²) in [6, 6.07) is 0. The second-order valence-corrected chi connectivity index (χ2v) is 0.151. The molecule has 0 aromatic rings. The van der Waals surface area contributed by atoms with Gasteiger partial charge in [-0.05, 0) is 0 Å². The van der Waals surface area contributed by atoms with E-state index in [-0.39, 0.29) is 0 Å². The Balaban J connectivity index is 2.55. The van der Waals surface area contributed by atoms with Crippen molar-refractivity contribution < 1.29 is 8.96 Å². The third-order valence-corrected chi connectivity index (χ3v) is 0.0286. The molecule has 0 spiro atoms. The minimum atomic E-state index is 1.19. The van der Waals surface area contributed by atoms with Gasteiger partial charge in [-0.1, -0.05) is 8.96 Å². The highest BCUT2D eigenvalue weighted by atomic mass is 19.2. The molecule has 0 saturated carbocycles. The van der Waals surface area contributed by atoms with Crippen molar-refractivity contribution in [3.8, 4) is 0 Å². The van der Waals surface area contributed by atoms with Gasteiger partial charge < -0.3 is 0 Å². The third kappa shape index (κ3) is 1.46. The second-order valence-electron chi connectivity index (χ2n) is 0.151. The van der Waals surface area contributed by atoms with Gasteiger partial charge in [-0.25, -0.2) is 0 Å². The summed E-state index contributed by atoms with van der Waals surface area (Å²) >= 11 is 0. The fourth-order valence-corrected chi connectivity index (χ4v) is 0. The summed E-state index contributed by atoms with van der Waals surface area (Å²) in [5.74, 6) is 0. The fourth-order valence-electron chi connectivity index (χ4n) is 0. The normalized spacial score (nSPS) is 9.50. The van der Waals surface area contributed by atoms with Crippen LogP contribution in [0.2, 0.25) is 0 Å². The van der Waals surface area contributed by atoms with Gasteiger partial charge in [-0.2, -0.15) is 0 Å². The van der Waals surface area contributed by atoms with Crippen LogP contribution in [0, 0.1) is 0 Å². The molecular formula is F2N2. The largest absolute Gasteiger partial charge is 0.0511 e. The molecule has 0 fully saturated rings. The molecular weight excluding hydrogens is 66.0 g/mol. The van der Waals surface area contributed by atoms with Crippen LogP contribution in [0.4, 0.5) is 8.96 Å². The Bertz CT molecular complexity index is 19.2. The molecule has 0 aliphatic heterocycles. The van der Waals surface area contributed by atoms with E-state index < -0.39 is 0 Å². The van der Waals surface area contributed by atoms with Gasteiger partial charge >= 0.3 is 0 Å². The summed E-state index contributed by atoms with van der Waals surface area (Å²) in [7, 11) is 0. The molecule has 0 aliphatic carbocycles. The van der Waals surface area contributed by atoms with Crippen LogP contribution in [0.25, 0.3) is 0 Å².